The average molecular weight is 499 g/mol. The second-order valence-electron chi connectivity index (χ2n) is 9.80. The molecule has 3 nitrogen and oxygen atoms in total. The molecule has 2 heterocycles. The molecule has 0 unspecified atom stereocenters. The minimum absolute atomic E-state index is 0.685. The van der Waals surface area contributed by atoms with Crippen molar-refractivity contribution in [2.24, 2.45) is 0 Å². The normalized spacial score (nSPS) is 11.6. The van der Waals surface area contributed by atoms with Gasteiger partial charge < -0.3 is 4.42 Å². The number of benzene rings is 6. The maximum Gasteiger partial charge on any atom is 0.160 e. The molecule has 3 heteroatoms. The summed E-state index contributed by atoms with van der Waals surface area (Å²) in [6, 6.07) is 46.1. The zero-order valence-electron chi connectivity index (χ0n) is 21.0. The van der Waals surface area contributed by atoms with Gasteiger partial charge in [-0.25, -0.2) is 9.97 Å². The Morgan fingerprint density at radius 1 is 0.436 bits per heavy atom. The molecule has 0 aliphatic heterocycles. The summed E-state index contributed by atoms with van der Waals surface area (Å²) in [6.45, 7) is 0. The van der Waals surface area contributed by atoms with Gasteiger partial charge in [0.1, 0.15) is 11.2 Å². The minimum Gasteiger partial charge on any atom is -0.455 e. The summed E-state index contributed by atoms with van der Waals surface area (Å²) in [5.74, 6) is 0.685. The van der Waals surface area contributed by atoms with Crippen LogP contribution in [0.5, 0.6) is 0 Å². The Hall–Kier alpha value is -5.28. The highest BCUT2D eigenvalue weighted by molar-refractivity contribution is 6.19. The zero-order chi connectivity index (χ0) is 25.8. The molecule has 0 amide bonds. The van der Waals surface area contributed by atoms with Crippen molar-refractivity contribution < 1.29 is 4.42 Å². The van der Waals surface area contributed by atoms with Gasteiger partial charge in [0.25, 0.3) is 0 Å². The summed E-state index contributed by atoms with van der Waals surface area (Å²) < 4.78 is 6.57. The standard InChI is InChI=1S/C36H22N2O/c1-3-11-23(12-4-1)30-22-31-27-20-19-25(21-33(27)39-35(31)28-16-8-7-15-26(28)30)36-37-32-18-10-9-17-29(32)34(38-36)24-13-5-2-6-14-24/h1-22H. The molecular formula is C36H22N2O. The highest BCUT2D eigenvalue weighted by Crippen LogP contribution is 2.40. The van der Waals surface area contributed by atoms with Crippen LogP contribution in [0.2, 0.25) is 0 Å². The van der Waals surface area contributed by atoms with E-state index in [0.717, 1.165) is 55.0 Å². The number of rotatable bonds is 3. The van der Waals surface area contributed by atoms with E-state index in [0.29, 0.717) is 5.82 Å². The number of para-hydroxylation sites is 1. The van der Waals surface area contributed by atoms with E-state index in [1.807, 2.05) is 36.4 Å². The van der Waals surface area contributed by atoms with Crippen LogP contribution in [-0.2, 0) is 0 Å². The fraction of sp³-hybridized carbons (Fsp3) is 0. The molecule has 8 aromatic rings. The third-order valence-electron chi connectivity index (χ3n) is 7.47. The largest absolute Gasteiger partial charge is 0.455 e. The van der Waals surface area contributed by atoms with Crippen molar-refractivity contribution in [1.29, 1.82) is 0 Å². The molecule has 0 N–H and O–H groups in total. The van der Waals surface area contributed by atoms with Crippen LogP contribution < -0.4 is 0 Å². The summed E-state index contributed by atoms with van der Waals surface area (Å²) in [6.07, 6.45) is 0. The zero-order valence-corrected chi connectivity index (χ0v) is 21.0. The van der Waals surface area contributed by atoms with E-state index in [1.165, 1.54) is 16.5 Å². The lowest BCUT2D eigenvalue weighted by Gasteiger charge is -2.09. The smallest absolute Gasteiger partial charge is 0.160 e. The van der Waals surface area contributed by atoms with Crippen molar-refractivity contribution >= 4 is 43.6 Å². The Morgan fingerprint density at radius 3 is 1.90 bits per heavy atom. The van der Waals surface area contributed by atoms with Crippen molar-refractivity contribution in [2.45, 2.75) is 0 Å². The predicted octanol–water partition coefficient (Wildman–Crippen LogP) is 9.68. The number of nitrogens with zero attached hydrogens (tertiary/aromatic N) is 2. The molecule has 0 fully saturated rings. The first kappa shape index (κ1) is 21.8. The Balaban J connectivity index is 1.36. The lowest BCUT2D eigenvalue weighted by Crippen LogP contribution is -1.95. The fourth-order valence-corrected chi connectivity index (χ4v) is 5.62. The summed E-state index contributed by atoms with van der Waals surface area (Å²) >= 11 is 0. The second-order valence-corrected chi connectivity index (χ2v) is 9.80. The predicted molar refractivity (Wildman–Crippen MR) is 161 cm³/mol. The SMILES string of the molecule is c1ccc(-c2nc(-c3ccc4c(c3)oc3c5ccccc5c(-c5ccccc5)cc43)nc3ccccc23)cc1. The van der Waals surface area contributed by atoms with Gasteiger partial charge in [-0.05, 0) is 40.8 Å². The monoisotopic (exact) mass is 498 g/mol. The molecular weight excluding hydrogens is 476 g/mol. The number of furan rings is 1. The molecule has 0 saturated heterocycles. The highest BCUT2D eigenvalue weighted by atomic mass is 16.3. The van der Waals surface area contributed by atoms with Gasteiger partial charge in [0, 0.05) is 32.7 Å². The Bertz CT molecular complexity index is 2160. The molecule has 0 radical (unpaired) electrons. The average Bonchev–Trinajstić information content (AvgIpc) is 3.39. The summed E-state index contributed by atoms with van der Waals surface area (Å²) in [7, 11) is 0. The lowest BCUT2D eigenvalue weighted by atomic mass is 9.95. The molecule has 0 spiro atoms. The first-order valence-corrected chi connectivity index (χ1v) is 13.1. The van der Waals surface area contributed by atoms with Gasteiger partial charge in [-0.15, -0.1) is 0 Å². The minimum atomic E-state index is 0.685. The molecule has 0 aliphatic rings. The molecule has 182 valence electrons. The van der Waals surface area contributed by atoms with Crippen molar-refractivity contribution in [2.75, 3.05) is 0 Å². The first-order chi connectivity index (χ1) is 19.3. The number of hydrogen-bond donors (Lipinski definition) is 0. The van der Waals surface area contributed by atoms with Crippen LogP contribution >= 0.6 is 0 Å². The van der Waals surface area contributed by atoms with E-state index >= 15 is 0 Å². The Morgan fingerprint density at radius 2 is 1.10 bits per heavy atom. The van der Waals surface area contributed by atoms with Crippen LogP contribution in [0.3, 0.4) is 0 Å². The molecule has 8 rings (SSSR count). The summed E-state index contributed by atoms with van der Waals surface area (Å²) in [4.78, 5) is 10.00. The van der Waals surface area contributed by atoms with Crippen LogP contribution in [0.4, 0.5) is 0 Å². The van der Waals surface area contributed by atoms with Crippen LogP contribution in [0.15, 0.2) is 138 Å². The van der Waals surface area contributed by atoms with Crippen LogP contribution in [0.25, 0.3) is 77.4 Å². The molecule has 39 heavy (non-hydrogen) atoms. The van der Waals surface area contributed by atoms with Gasteiger partial charge in [-0.1, -0.05) is 109 Å². The van der Waals surface area contributed by atoms with Gasteiger partial charge >= 0.3 is 0 Å². The first-order valence-electron chi connectivity index (χ1n) is 13.1. The quantitative estimate of drug-likeness (QED) is 0.243. The van der Waals surface area contributed by atoms with Gasteiger partial charge in [0.15, 0.2) is 5.82 Å². The Labute approximate surface area is 225 Å². The molecule has 0 bridgehead atoms. The maximum absolute atomic E-state index is 6.57. The number of fused-ring (bicyclic) bond motifs is 6. The van der Waals surface area contributed by atoms with E-state index in [9.17, 15) is 0 Å². The summed E-state index contributed by atoms with van der Waals surface area (Å²) in [5, 5.41) is 5.53. The third kappa shape index (κ3) is 3.52. The van der Waals surface area contributed by atoms with E-state index in [4.69, 9.17) is 14.4 Å². The maximum atomic E-state index is 6.57. The second kappa shape index (κ2) is 8.64. The fourth-order valence-electron chi connectivity index (χ4n) is 5.62. The van der Waals surface area contributed by atoms with Crippen molar-refractivity contribution in [3.63, 3.8) is 0 Å². The van der Waals surface area contributed by atoms with Crippen molar-refractivity contribution in [3.8, 4) is 33.8 Å². The summed E-state index contributed by atoms with van der Waals surface area (Å²) in [5.41, 5.74) is 7.98. The topological polar surface area (TPSA) is 38.9 Å². The molecule has 6 aromatic carbocycles. The lowest BCUT2D eigenvalue weighted by molar-refractivity contribution is 0.673. The molecule has 0 saturated carbocycles. The van der Waals surface area contributed by atoms with Crippen LogP contribution in [0.1, 0.15) is 0 Å². The van der Waals surface area contributed by atoms with Crippen molar-refractivity contribution in [3.05, 3.63) is 133 Å². The van der Waals surface area contributed by atoms with Gasteiger partial charge in [-0.3, -0.25) is 0 Å². The third-order valence-corrected chi connectivity index (χ3v) is 7.47. The van der Waals surface area contributed by atoms with Gasteiger partial charge in [0.2, 0.25) is 0 Å². The van der Waals surface area contributed by atoms with Crippen LogP contribution in [-0.4, -0.2) is 9.97 Å². The van der Waals surface area contributed by atoms with E-state index in [-0.39, 0.29) is 0 Å². The molecule has 0 atom stereocenters. The highest BCUT2D eigenvalue weighted by Gasteiger charge is 2.17. The van der Waals surface area contributed by atoms with E-state index in [2.05, 4.69) is 97.1 Å². The van der Waals surface area contributed by atoms with Gasteiger partial charge in [0.05, 0.1) is 11.2 Å². The number of hydrogen-bond acceptors (Lipinski definition) is 3. The van der Waals surface area contributed by atoms with E-state index in [1.54, 1.807) is 0 Å². The van der Waals surface area contributed by atoms with Gasteiger partial charge in [-0.2, -0.15) is 0 Å². The number of aromatic nitrogens is 2. The Kier molecular flexibility index (Phi) is 4.82. The molecule has 2 aromatic heterocycles. The molecule has 0 aliphatic carbocycles. The van der Waals surface area contributed by atoms with Crippen LogP contribution in [0, 0.1) is 0 Å². The van der Waals surface area contributed by atoms with E-state index < -0.39 is 0 Å². The van der Waals surface area contributed by atoms with Crippen molar-refractivity contribution in [1.82, 2.24) is 9.97 Å².